The van der Waals surface area contributed by atoms with Crippen molar-refractivity contribution in [2.45, 2.75) is 39.2 Å². The lowest BCUT2D eigenvalue weighted by atomic mass is 10.2. The van der Waals surface area contributed by atoms with Gasteiger partial charge in [-0.3, -0.25) is 0 Å². The topological polar surface area (TPSA) is 80.3 Å². The Kier molecular flexibility index (Phi) is 12.1. The van der Waals surface area contributed by atoms with Crippen LogP contribution >= 0.6 is 0 Å². The monoisotopic (exact) mass is 374 g/mol. The van der Waals surface area contributed by atoms with Crippen LogP contribution in [-0.2, 0) is 32.3 Å². The number of hydrogen-bond acceptors (Lipinski definition) is 7. The van der Waals surface area contributed by atoms with Gasteiger partial charge >= 0.3 is 20.7 Å². The van der Waals surface area contributed by atoms with Crippen molar-refractivity contribution in [1.29, 1.82) is 0 Å². The first-order chi connectivity index (χ1) is 11.8. The van der Waals surface area contributed by atoms with Crippen molar-refractivity contribution in [3.63, 3.8) is 0 Å². The summed E-state index contributed by atoms with van der Waals surface area (Å²) < 4.78 is 26.1. The van der Waals surface area contributed by atoms with Crippen molar-refractivity contribution in [1.82, 2.24) is 0 Å². The third kappa shape index (κ3) is 9.54. The molecule has 0 aliphatic heterocycles. The van der Waals surface area contributed by atoms with Crippen LogP contribution in [0.15, 0.2) is 23.8 Å². The molecular weight excluding hydrogens is 344 g/mol. The van der Waals surface area contributed by atoms with Gasteiger partial charge in [0.2, 0.25) is 0 Å². The second-order valence-corrected chi connectivity index (χ2v) is 8.57. The highest BCUT2D eigenvalue weighted by Gasteiger charge is 2.36. The van der Waals surface area contributed by atoms with E-state index >= 15 is 0 Å². The zero-order valence-electron chi connectivity index (χ0n) is 15.9. The fraction of sp³-hybridized carbons (Fsp3) is 0.647. The van der Waals surface area contributed by atoms with Crippen molar-refractivity contribution < 1.29 is 32.3 Å². The van der Waals surface area contributed by atoms with E-state index < -0.39 is 14.8 Å². The fourth-order valence-electron chi connectivity index (χ4n) is 1.90. The van der Waals surface area contributed by atoms with E-state index in [9.17, 15) is 9.59 Å². The number of esters is 2. The first kappa shape index (κ1) is 23.5. The Bertz CT molecular complexity index is 461. The molecule has 0 unspecified atom stereocenters. The Morgan fingerprint density at radius 1 is 0.920 bits per heavy atom. The molecule has 0 aromatic carbocycles. The number of unbranched alkanes of at least 4 members (excludes halogenated alkanes) is 1. The van der Waals surface area contributed by atoms with Crippen LogP contribution in [0.3, 0.4) is 0 Å². The second kappa shape index (κ2) is 12.8. The Labute approximate surface area is 151 Å². The highest BCUT2D eigenvalue weighted by molar-refractivity contribution is 6.60. The van der Waals surface area contributed by atoms with Crippen LogP contribution < -0.4 is 0 Å². The van der Waals surface area contributed by atoms with Crippen LogP contribution in [-0.4, -0.2) is 55.3 Å². The standard InChI is InChI=1S/C17H30O7Si/c1-14(2)16(18)23-11-8-7-10-15(3)17(19)24-12-9-13-25(20-4,21-5)22-6/h10H,1,7-9,11-13H2,2-6H3. The maximum absolute atomic E-state index is 11.9. The molecule has 0 aliphatic carbocycles. The van der Waals surface area contributed by atoms with Crippen LogP contribution in [0.5, 0.6) is 0 Å². The number of carbonyl (C=O) groups is 2. The van der Waals surface area contributed by atoms with Gasteiger partial charge < -0.3 is 22.8 Å². The smallest absolute Gasteiger partial charge is 0.462 e. The van der Waals surface area contributed by atoms with Crippen molar-refractivity contribution in [3.8, 4) is 0 Å². The lowest BCUT2D eigenvalue weighted by Crippen LogP contribution is -2.42. The van der Waals surface area contributed by atoms with Gasteiger partial charge in [0.25, 0.3) is 0 Å². The summed E-state index contributed by atoms with van der Waals surface area (Å²) in [4.78, 5) is 23.1. The highest BCUT2D eigenvalue weighted by atomic mass is 28.4. The van der Waals surface area contributed by atoms with Crippen LogP contribution in [0.2, 0.25) is 6.04 Å². The molecule has 0 bridgehead atoms. The summed E-state index contributed by atoms with van der Waals surface area (Å²) in [6.45, 7) is 7.36. The zero-order valence-corrected chi connectivity index (χ0v) is 16.9. The molecule has 0 aromatic heterocycles. The highest BCUT2D eigenvalue weighted by Crippen LogP contribution is 2.15. The number of rotatable bonds is 13. The van der Waals surface area contributed by atoms with Crippen LogP contribution in [0.25, 0.3) is 0 Å². The van der Waals surface area contributed by atoms with Gasteiger partial charge in [0.1, 0.15) is 0 Å². The van der Waals surface area contributed by atoms with E-state index in [2.05, 4.69) is 6.58 Å². The van der Waals surface area contributed by atoms with E-state index in [1.54, 1.807) is 41.3 Å². The molecule has 0 fully saturated rings. The number of hydrogen-bond donors (Lipinski definition) is 0. The van der Waals surface area contributed by atoms with Gasteiger partial charge in [0, 0.05) is 38.5 Å². The molecule has 0 aromatic rings. The Morgan fingerprint density at radius 2 is 1.44 bits per heavy atom. The fourth-order valence-corrected chi connectivity index (χ4v) is 3.59. The number of carbonyl (C=O) groups excluding carboxylic acids is 2. The molecule has 0 saturated carbocycles. The molecule has 0 amide bonds. The van der Waals surface area contributed by atoms with E-state index in [0.29, 0.717) is 43.1 Å². The summed E-state index contributed by atoms with van der Waals surface area (Å²) >= 11 is 0. The lowest BCUT2D eigenvalue weighted by molar-refractivity contribution is -0.140. The van der Waals surface area contributed by atoms with Crippen LogP contribution in [0.4, 0.5) is 0 Å². The van der Waals surface area contributed by atoms with Gasteiger partial charge in [-0.2, -0.15) is 0 Å². The molecule has 0 rings (SSSR count). The first-order valence-electron chi connectivity index (χ1n) is 8.13. The molecule has 144 valence electrons. The molecule has 0 N–H and O–H groups in total. The molecule has 7 nitrogen and oxygen atoms in total. The van der Waals surface area contributed by atoms with E-state index in [0.717, 1.165) is 0 Å². The van der Waals surface area contributed by atoms with Gasteiger partial charge in [-0.25, -0.2) is 9.59 Å². The minimum Gasteiger partial charge on any atom is -0.462 e. The minimum atomic E-state index is -2.62. The molecular formula is C17H30O7Si. The summed E-state index contributed by atoms with van der Waals surface area (Å²) in [5.74, 6) is -0.763. The Balaban J connectivity index is 4.02. The van der Waals surface area contributed by atoms with Gasteiger partial charge in [-0.15, -0.1) is 0 Å². The largest absolute Gasteiger partial charge is 0.500 e. The van der Waals surface area contributed by atoms with Gasteiger partial charge in [0.05, 0.1) is 13.2 Å². The van der Waals surface area contributed by atoms with Crippen molar-refractivity contribution in [2.24, 2.45) is 0 Å². The summed E-state index contributed by atoms with van der Waals surface area (Å²) in [6.07, 6.45) is 3.62. The average Bonchev–Trinajstić information content (AvgIpc) is 2.61. The molecule has 8 heteroatoms. The normalized spacial score (nSPS) is 12.0. The summed E-state index contributed by atoms with van der Waals surface area (Å²) in [6, 6.07) is 0.570. The number of ether oxygens (including phenoxy) is 2. The maximum Gasteiger partial charge on any atom is 0.500 e. The van der Waals surface area contributed by atoms with Gasteiger partial charge in [-0.1, -0.05) is 12.7 Å². The van der Waals surface area contributed by atoms with Crippen molar-refractivity contribution in [3.05, 3.63) is 23.8 Å². The Hall–Kier alpha value is -1.48. The quantitative estimate of drug-likeness (QED) is 0.212. The molecule has 0 heterocycles. The molecule has 0 spiro atoms. The first-order valence-corrected chi connectivity index (χ1v) is 10.1. The van der Waals surface area contributed by atoms with Crippen LogP contribution in [0.1, 0.15) is 33.1 Å². The molecule has 0 saturated heterocycles. The third-order valence-electron chi connectivity index (χ3n) is 3.50. The minimum absolute atomic E-state index is 0.269. The van der Waals surface area contributed by atoms with Crippen molar-refractivity contribution >= 4 is 20.7 Å². The van der Waals surface area contributed by atoms with Crippen LogP contribution in [0, 0.1) is 0 Å². The van der Waals surface area contributed by atoms with Crippen molar-refractivity contribution in [2.75, 3.05) is 34.5 Å². The molecule has 0 radical (unpaired) electrons. The SMILES string of the molecule is C=C(C)C(=O)OCCCC=C(C)C(=O)OCCC[Si](OC)(OC)OC. The summed E-state index contributed by atoms with van der Waals surface area (Å²) in [7, 11) is 2.02. The maximum atomic E-state index is 11.9. The van der Waals surface area contributed by atoms with Gasteiger partial charge in [0.15, 0.2) is 0 Å². The second-order valence-electron chi connectivity index (χ2n) is 5.48. The zero-order chi connectivity index (χ0) is 19.3. The molecule has 25 heavy (non-hydrogen) atoms. The summed E-state index contributed by atoms with van der Waals surface area (Å²) in [5.41, 5.74) is 0.901. The van der Waals surface area contributed by atoms with E-state index in [1.807, 2.05) is 0 Å². The average molecular weight is 375 g/mol. The predicted molar refractivity (Wildman–Crippen MR) is 95.9 cm³/mol. The van der Waals surface area contributed by atoms with E-state index in [4.69, 9.17) is 22.8 Å². The molecule has 0 atom stereocenters. The number of allylic oxidation sites excluding steroid dienone is 1. The molecule has 0 aliphatic rings. The predicted octanol–water partition coefficient (Wildman–Crippen LogP) is 2.64. The summed E-state index contributed by atoms with van der Waals surface area (Å²) in [5, 5.41) is 0. The third-order valence-corrected chi connectivity index (χ3v) is 6.33. The van der Waals surface area contributed by atoms with E-state index in [1.165, 1.54) is 0 Å². The Morgan fingerprint density at radius 3 is 1.96 bits per heavy atom. The van der Waals surface area contributed by atoms with Gasteiger partial charge in [-0.05, 0) is 33.1 Å². The lowest BCUT2D eigenvalue weighted by Gasteiger charge is -2.24. The van der Waals surface area contributed by atoms with E-state index in [-0.39, 0.29) is 12.6 Å².